The van der Waals surface area contributed by atoms with Crippen LogP contribution in [0.1, 0.15) is 28.8 Å². The number of anilines is 2. The molecule has 4 rings (SSSR count). The van der Waals surface area contributed by atoms with Gasteiger partial charge in [-0.05, 0) is 60.2 Å². The van der Waals surface area contributed by atoms with Crippen LogP contribution >= 0.6 is 0 Å². The Morgan fingerprint density at radius 3 is 2.15 bits per heavy atom. The summed E-state index contributed by atoms with van der Waals surface area (Å²) in [5, 5.41) is 2.68. The van der Waals surface area contributed by atoms with Crippen LogP contribution in [-0.2, 0) is 26.2 Å². The van der Waals surface area contributed by atoms with E-state index < -0.39 is 21.7 Å². The SMILES string of the molecule is O=C(Nc1ccc(S(=O)(=O)Nc2cccc(F)c2)cc1)c1ccc(CN2C(=O)CCC2=O)cc1. The van der Waals surface area contributed by atoms with Gasteiger partial charge in [-0.15, -0.1) is 0 Å². The standard InChI is InChI=1S/C24H20FN3O5S/c25-18-2-1-3-20(14-18)27-34(32,33)21-10-8-19(9-11-21)26-24(31)17-6-4-16(5-7-17)15-28-22(29)12-13-23(28)30/h1-11,14,27H,12-13,15H2,(H,26,31). The van der Waals surface area contributed by atoms with E-state index in [1.54, 1.807) is 24.3 Å². The lowest BCUT2D eigenvalue weighted by molar-refractivity contribution is -0.139. The molecule has 3 aromatic rings. The van der Waals surface area contributed by atoms with Crippen LogP contribution in [-0.4, -0.2) is 31.0 Å². The van der Waals surface area contributed by atoms with Gasteiger partial charge in [-0.1, -0.05) is 18.2 Å². The molecule has 174 valence electrons. The van der Waals surface area contributed by atoms with Gasteiger partial charge < -0.3 is 5.32 Å². The van der Waals surface area contributed by atoms with Gasteiger partial charge >= 0.3 is 0 Å². The Morgan fingerprint density at radius 1 is 0.882 bits per heavy atom. The van der Waals surface area contributed by atoms with E-state index in [0.29, 0.717) is 11.3 Å². The van der Waals surface area contributed by atoms with Crippen LogP contribution in [0.4, 0.5) is 15.8 Å². The molecule has 1 fully saturated rings. The summed E-state index contributed by atoms with van der Waals surface area (Å²) in [5.41, 5.74) is 1.55. The highest BCUT2D eigenvalue weighted by Crippen LogP contribution is 2.20. The highest BCUT2D eigenvalue weighted by atomic mass is 32.2. The lowest BCUT2D eigenvalue weighted by atomic mass is 10.1. The molecule has 34 heavy (non-hydrogen) atoms. The number of amides is 3. The number of rotatable bonds is 7. The van der Waals surface area contributed by atoms with Crippen molar-refractivity contribution >= 4 is 39.1 Å². The second kappa shape index (κ2) is 9.44. The summed E-state index contributed by atoms with van der Waals surface area (Å²) in [4.78, 5) is 37.2. The Bertz CT molecular complexity index is 1340. The second-order valence-electron chi connectivity index (χ2n) is 7.66. The molecule has 1 heterocycles. The summed E-state index contributed by atoms with van der Waals surface area (Å²) < 4.78 is 40.6. The maximum atomic E-state index is 13.3. The number of sulfonamides is 1. The lowest BCUT2D eigenvalue weighted by Gasteiger charge is -2.14. The third kappa shape index (κ3) is 5.29. The Hall–Kier alpha value is -4.05. The minimum Gasteiger partial charge on any atom is -0.322 e. The lowest BCUT2D eigenvalue weighted by Crippen LogP contribution is -2.28. The Morgan fingerprint density at radius 2 is 1.53 bits per heavy atom. The highest BCUT2D eigenvalue weighted by molar-refractivity contribution is 7.92. The number of halogens is 1. The van der Waals surface area contributed by atoms with E-state index >= 15 is 0 Å². The summed E-state index contributed by atoms with van der Waals surface area (Å²) in [6, 6.07) is 17.1. The van der Waals surface area contributed by atoms with E-state index in [9.17, 15) is 27.2 Å². The predicted octanol–water partition coefficient (Wildman–Crippen LogP) is 3.53. The Kier molecular flexibility index (Phi) is 6.42. The van der Waals surface area contributed by atoms with Crippen molar-refractivity contribution in [3.63, 3.8) is 0 Å². The van der Waals surface area contributed by atoms with Crippen molar-refractivity contribution < 1.29 is 27.2 Å². The first-order valence-electron chi connectivity index (χ1n) is 10.3. The van der Waals surface area contributed by atoms with E-state index in [1.165, 1.54) is 47.4 Å². The molecule has 2 N–H and O–H groups in total. The number of imide groups is 1. The van der Waals surface area contributed by atoms with Gasteiger partial charge in [0.05, 0.1) is 17.1 Å². The molecule has 8 nitrogen and oxygen atoms in total. The van der Waals surface area contributed by atoms with Crippen LogP contribution in [0.25, 0.3) is 0 Å². The number of nitrogens with zero attached hydrogens (tertiary/aromatic N) is 1. The largest absolute Gasteiger partial charge is 0.322 e. The smallest absolute Gasteiger partial charge is 0.261 e. The van der Waals surface area contributed by atoms with E-state index in [-0.39, 0.29) is 41.8 Å². The third-order valence-corrected chi connectivity index (χ3v) is 6.61. The van der Waals surface area contributed by atoms with Gasteiger partial charge in [-0.2, -0.15) is 0 Å². The number of nitrogens with one attached hydrogen (secondary N) is 2. The molecule has 0 aromatic heterocycles. The molecule has 0 bridgehead atoms. The predicted molar refractivity (Wildman–Crippen MR) is 123 cm³/mol. The minimum absolute atomic E-state index is 0.0508. The molecule has 0 unspecified atom stereocenters. The second-order valence-corrected chi connectivity index (χ2v) is 9.35. The summed E-state index contributed by atoms with van der Waals surface area (Å²) in [6.45, 7) is 0.166. The van der Waals surface area contributed by atoms with Crippen LogP contribution < -0.4 is 10.0 Å². The minimum atomic E-state index is -3.93. The van der Waals surface area contributed by atoms with E-state index in [4.69, 9.17) is 0 Å². The molecule has 1 saturated heterocycles. The maximum Gasteiger partial charge on any atom is 0.261 e. The maximum absolute atomic E-state index is 13.3. The van der Waals surface area contributed by atoms with Crippen LogP contribution in [0, 0.1) is 5.82 Å². The molecular weight excluding hydrogens is 461 g/mol. The molecule has 3 aromatic carbocycles. The van der Waals surface area contributed by atoms with Gasteiger partial charge in [0.2, 0.25) is 11.8 Å². The van der Waals surface area contributed by atoms with E-state index in [0.717, 1.165) is 11.6 Å². The molecule has 0 radical (unpaired) electrons. The van der Waals surface area contributed by atoms with Crippen molar-refractivity contribution in [3.8, 4) is 0 Å². The first-order valence-corrected chi connectivity index (χ1v) is 11.8. The van der Waals surface area contributed by atoms with Gasteiger partial charge in [0, 0.05) is 24.1 Å². The monoisotopic (exact) mass is 481 g/mol. The fourth-order valence-corrected chi connectivity index (χ4v) is 4.48. The topological polar surface area (TPSA) is 113 Å². The van der Waals surface area contributed by atoms with E-state index in [2.05, 4.69) is 10.0 Å². The molecule has 0 atom stereocenters. The number of carbonyl (C=O) groups is 3. The van der Waals surface area contributed by atoms with Crippen molar-refractivity contribution in [3.05, 3.63) is 89.7 Å². The van der Waals surface area contributed by atoms with Crippen LogP contribution in [0.3, 0.4) is 0 Å². The molecular formula is C24H20FN3O5S. The van der Waals surface area contributed by atoms with Gasteiger partial charge in [0.15, 0.2) is 0 Å². The summed E-state index contributed by atoms with van der Waals surface area (Å²) >= 11 is 0. The summed E-state index contributed by atoms with van der Waals surface area (Å²) in [6.07, 6.45) is 0.445. The molecule has 0 aliphatic carbocycles. The van der Waals surface area contributed by atoms with Crippen molar-refractivity contribution in [1.29, 1.82) is 0 Å². The van der Waals surface area contributed by atoms with Crippen molar-refractivity contribution in [2.24, 2.45) is 0 Å². The number of hydrogen-bond acceptors (Lipinski definition) is 5. The zero-order chi connectivity index (χ0) is 24.3. The Balaban J connectivity index is 1.38. The van der Waals surface area contributed by atoms with Crippen molar-refractivity contribution in [1.82, 2.24) is 4.90 Å². The normalized spacial score (nSPS) is 13.7. The number of carbonyl (C=O) groups excluding carboxylic acids is 3. The summed E-state index contributed by atoms with van der Waals surface area (Å²) in [5.74, 6) is -1.38. The summed E-state index contributed by atoms with van der Waals surface area (Å²) in [7, 11) is -3.93. The Labute approximate surface area is 195 Å². The first kappa shape index (κ1) is 23.1. The van der Waals surface area contributed by atoms with Crippen LogP contribution in [0.2, 0.25) is 0 Å². The fraction of sp³-hybridized carbons (Fsp3) is 0.125. The molecule has 1 aliphatic rings. The van der Waals surface area contributed by atoms with Gasteiger partial charge in [-0.25, -0.2) is 12.8 Å². The van der Waals surface area contributed by atoms with Crippen molar-refractivity contribution in [2.75, 3.05) is 10.0 Å². The number of likely N-dealkylation sites (tertiary alicyclic amines) is 1. The van der Waals surface area contributed by atoms with E-state index in [1.807, 2.05) is 0 Å². The molecule has 10 heteroatoms. The van der Waals surface area contributed by atoms with Gasteiger partial charge in [0.25, 0.3) is 15.9 Å². The van der Waals surface area contributed by atoms with Crippen LogP contribution in [0.15, 0.2) is 77.7 Å². The van der Waals surface area contributed by atoms with Crippen molar-refractivity contribution in [2.45, 2.75) is 24.3 Å². The zero-order valence-corrected chi connectivity index (χ0v) is 18.6. The van der Waals surface area contributed by atoms with Crippen LogP contribution in [0.5, 0.6) is 0 Å². The average Bonchev–Trinajstić information content (AvgIpc) is 3.12. The quantitative estimate of drug-likeness (QED) is 0.502. The third-order valence-electron chi connectivity index (χ3n) is 5.21. The molecule has 0 spiro atoms. The highest BCUT2D eigenvalue weighted by Gasteiger charge is 2.28. The van der Waals surface area contributed by atoms with Gasteiger partial charge in [0.1, 0.15) is 5.82 Å². The molecule has 1 aliphatic heterocycles. The number of hydrogen-bond donors (Lipinski definition) is 2. The number of benzene rings is 3. The molecule has 0 saturated carbocycles. The fourth-order valence-electron chi connectivity index (χ4n) is 3.43. The van der Waals surface area contributed by atoms with Gasteiger partial charge in [-0.3, -0.25) is 24.0 Å². The molecule has 3 amide bonds. The average molecular weight is 482 g/mol. The first-order chi connectivity index (χ1) is 16.2. The zero-order valence-electron chi connectivity index (χ0n) is 17.8.